The van der Waals surface area contributed by atoms with Gasteiger partial charge >= 0.3 is 0 Å². The lowest BCUT2D eigenvalue weighted by atomic mass is 9.99. The van der Waals surface area contributed by atoms with E-state index in [0.717, 1.165) is 18.5 Å². The summed E-state index contributed by atoms with van der Waals surface area (Å²) in [7, 11) is 0. The zero-order chi connectivity index (χ0) is 14.5. The van der Waals surface area contributed by atoms with Crippen LogP contribution in [0.2, 0.25) is 0 Å². The van der Waals surface area contributed by atoms with Crippen LogP contribution in [0.4, 0.5) is 0 Å². The average Bonchev–Trinajstić information content (AvgIpc) is 2.89. The van der Waals surface area contributed by atoms with Gasteiger partial charge in [0.2, 0.25) is 0 Å². The van der Waals surface area contributed by atoms with Gasteiger partial charge in [-0.15, -0.1) is 0 Å². The number of aromatic nitrogens is 2. The minimum atomic E-state index is 0.201. The molecule has 0 radical (unpaired) electrons. The van der Waals surface area contributed by atoms with Gasteiger partial charge < -0.3 is 0 Å². The Morgan fingerprint density at radius 1 is 1.20 bits per heavy atom. The van der Waals surface area contributed by atoms with Crippen molar-refractivity contribution >= 4 is 0 Å². The van der Waals surface area contributed by atoms with Crippen molar-refractivity contribution in [1.82, 2.24) is 15.2 Å². The van der Waals surface area contributed by atoms with Gasteiger partial charge in [-0.25, -0.2) is 0 Å². The zero-order valence-corrected chi connectivity index (χ0v) is 12.5. The fourth-order valence-corrected chi connectivity index (χ4v) is 2.32. The molecule has 1 aromatic carbocycles. The van der Waals surface area contributed by atoms with Crippen LogP contribution in [0.25, 0.3) is 0 Å². The van der Waals surface area contributed by atoms with Crippen LogP contribution in [0.5, 0.6) is 0 Å². The Kier molecular flexibility index (Phi) is 4.93. The maximum atomic E-state index is 5.70. The summed E-state index contributed by atoms with van der Waals surface area (Å²) in [5.41, 5.74) is 6.63. The summed E-state index contributed by atoms with van der Waals surface area (Å²) in [6.45, 7) is 6.39. The predicted octanol–water partition coefficient (Wildman–Crippen LogP) is 2.39. The maximum Gasteiger partial charge on any atom is 0.0640 e. The highest BCUT2D eigenvalue weighted by atomic mass is 15.3. The third-order valence-corrected chi connectivity index (χ3v) is 3.61. The van der Waals surface area contributed by atoms with Crippen molar-refractivity contribution < 1.29 is 0 Å². The second-order valence-electron chi connectivity index (χ2n) is 5.58. The van der Waals surface area contributed by atoms with E-state index in [0.29, 0.717) is 6.04 Å². The van der Waals surface area contributed by atoms with Crippen molar-refractivity contribution in [1.29, 1.82) is 0 Å². The lowest BCUT2D eigenvalue weighted by Gasteiger charge is -2.16. The number of nitrogens with zero attached hydrogens (tertiary/aromatic N) is 2. The van der Waals surface area contributed by atoms with Crippen LogP contribution < -0.4 is 11.3 Å². The molecule has 1 unspecified atom stereocenters. The Bertz CT molecular complexity index is 545. The molecule has 0 bridgehead atoms. The summed E-state index contributed by atoms with van der Waals surface area (Å²) in [6, 6.07) is 11.1. The maximum absolute atomic E-state index is 5.70. The van der Waals surface area contributed by atoms with Crippen LogP contribution in [-0.2, 0) is 12.8 Å². The van der Waals surface area contributed by atoms with Gasteiger partial charge in [0.25, 0.3) is 0 Å². The second-order valence-corrected chi connectivity index (χ2v) is 5.58. The molecular formula is C16H24N4. The third-order valence-electron chi connectivity index (χ3n) is 3.61. The molecule has 1 heterocycles. The van der Waals surface area contributed by atoms with Crippen molar-refractivity contribution in [2.24, 2.45) is 5.84 Å². The Morgan fingerprint density at radius 3 is 2.55 bits per heavy atom. The monoisotopic (exact) mass is 272 g/mol. The Balaban J connectivity index is 2.03. The summed E-state index contributed by atoms with van der Waals surface area (Å²) in [6.07, 6.45) is 3.78. The highest BCUT2D eigenvalue weighted by molar-refractivity contribution is 5.26. The van der Waals surface area contributed by atoms with E-state index in [1.807, 2.05) is 10.9 Å². The first-order chi connectivity index (χ1) is 9.60. The number of rotatable bonds is 6. The van der Waals surface area contributed by atoms with Crippen molar-refractivity contribution in [3.05, 3.63) is 53.3 Å². The third kappa shape index (κ3) is 3.68. The molecule has 1 atom stereocenters. The molecule has 0 aliphatic rings. The van der Waals surface area contributed by atoms with Crippen LogP contribution >= 0.6 is 0 Å². The molecule has 2 rings (SSSR count). The number of aryl methyl sites for hydroxylation is 1. The lowest BCUT2D eigenvalue weighted by Crippen LogP contribution is -2.38. The smallest absolute Gasteiger partial charge is 0.0640 e. The lowest BCUT2D eigenvalue weighted by molar-refractivity contribution is 0.494. The van der Waals surface area contributed by atoms with Crippen LogP contribution in [0.3, 0.4) is 0 Å². The van der Waals surface area contributed by atoms with Gasteiger partial charge in [0.05, 0.1) is 5.69 Å². The molecule has 0 saturated heterocycles. The van der Waals surface area contributed by atoms with E-state index in [-0.39, 0.29) is 6.04 Å². The molecule has 0 amide bonds. The molecule has 108 valence electrons. The number of hydrogen-bond acceptors (Lipinski definition) is 3. The molecule has 0 aliphatic carbocycles. The molecule has 4 nitrogen and oxygen atoms in total. The van der Waals surface area contributed by atoms with Crippen molar-refractivity contribution in [3.63, 3.8) is 0 Å². The van der Waals surface area contributed by atoms with Gasteiger partial charge in [0.1, 0.15) is 0 Å². The standard InChI is InChI=1S/C16H24N4/c1-12(2)20-9-8-15(19-20)11-16(18-17)10-14-7-5-4-6-13(14)3/h4-9,12,16,18H,10-11,17H2,1-3H3. The van der Waals surface area contributed by atoms with Crippen LogP contribution in [0, 0.1) is 6.92 Å². The van der Waals surface area contributed by atoms with E-state index in [1.165, 1.54) is 11.1 Å². The van der Waals surface area contributed by atoms with Gasteiger partial charge in [0.15, 0.2) is 0 Å². The summed E-state index contributed by atoms with van der Waals surface area (Å²) in [4.78, 5) is 0. The summed E-state index contributed by atoms with van der Waals surface area (Å²) < 4.78 is 1.98. The molecule has 3 N–H and O–H groups in total. The largest absolute Gasteiger partial charge is 0.271 e. The number of nitrogens with two attached hydrogens (primary N) is 1. The quantitative estimate of drug-likeness (QED) is 0.627. The van der Waals surface area contributed by atoms with Crippen LogP contribution in [0.15, 0.2) is 36.5 Å². The normalized spacial score (nSPS) is 12.8. The number of hydrazine groups is 1. The molecule has 20 heavy (non-hydrogen) atoms. The van der Waals surface area contributed by atoms with Crippen molar-refractivity contribution in [2.75, 3.05) is 0 Å². The Labute approximate surface area is 121 Å². The highest BCUT2D eigenvalue weighted by Gasteiger charge is 2.12. The summed E-state index contributed by atoms with van der Waals surface area (Å²) >= 11 is 0. The van der Waals surface area contributed by atoms with Gasteiger partial charge in [-0.3, -0.25) is 16.0 Å². The second kappa shape index (κ2) is 6.68. The fourth-order valence-electron chi connectivity index (χ4n) is 2.32. The molecule has 2 aromatic rings. The first-order valence-corrected chi connectivity index (χ1v) is 7.15. The average molecular weight is 272 g/mol. The van der Waals surface area contributed by atoms with Gasteiger partial charge in [-0.2, -0.15) is 5.10 Å². The number of benzene rings is 1. The molecule has 4 heteroatoms. The zero-order valence-electron chi connectivity index (χ0n) is 12.5. The van der Waals surface area contributed by atoms with E-state index in [4.69, 9.17) is 5.84 Å². The molecule has 0 aliphatic heterocycles. The molecular weight excluding hydrogens is 248 g/mol. The topological polar surface area (TPSA) is 55.9 Å². The number of nitrogens with one attached hydrogen (secondary N) is 1. The SMILES string of the molecule is Cc1ccccc1CC(Cc1ccn(C(C)C)n1)NN. The van der Waals surface area contributed by atoms with E-state index in [2.05, 4.69) is 61.6 Å². The Hall–Kier alpha value is -1.65. The Morgan fingerprint density at radius 2 is 1.95 bits per heavy atom. The minimum Gasteiger partial charge on any atom is -0.271 e. The fraction of sp³-hybridized carbons (Fsp3) is 0.438. The molecule has 0 spiro atoms. The molecule has 0 fully saturated rings. The van der Waals surface area contributed by atoms with E-state index in [9.17, 15) is 0 Å². The van der Waals surface area contributed by atoms with Crippen molar-refractivity contribution in [3.8, 4) is 0 Å². The molecule has 0 saturated carbocycles. The first kappa shape index (κ1) is 14.8. The van der Waals surface area contributed by atoms with E-state index in [1.54, 1.807) is 0 Å². The van der Waals surface area contributed by atoms with Gasteiger partial charge in [-0.05, 0) is 44.4 Å². The van der Waals surface area contributed by atoms with E-state index < -0.39 is 0 Å². The summed E-state index contributed by atoms with van der Waals surface area (Å²) in [5, 5.41) is 4.58. The summed E-state index contributed by atoms with van der Waals surface area (Å²) in [5.74, 6) is 5.70. The van der Waals surface area contributed by atoms with Crippen LogP contribution in [0.1, 0.15) is 36.7 Å². The van der Waals surface area contributed by atoms with Crippen LogP contribution in [-0.4, -0.2) is 15.8 Å². The van der Waals surface area contributed by atoms with Gasteiger partial charge in [-0.1, -0.05) is 24.3 Å². The highest BCUT2D eigenvalue weighted by Crippen LogP contribution is 2.12. The molecule has 1 aromatic heterocycles. The predicted molar refractivity (Wildman–Crippen MR) is 82.3 cm³/mol. The van der Waals surface area contributed by atoms with E-state index >= 15 is 0 Å². The number of hydrogen-bond donors (Lipinski definition) is 2. The van der Waals surface area contributed by atoms with Crippen molar-refractivity contribution in [2.45, 2.75) is 45.7 Å². The van der Waals surface area contributed by atoms with Gasteiger partial charge in [0, 0.05) is 24.7 Å². The first-order valence-electron chi connectivity index (χ1n) is 7.15. The minimum absolute atomic E-state index is 0.201.